The van der Waals surface area contributed by atoms with Crippen molar-refractivity contribution >= 4 is 23.8 Å². The van der Waals surface area contributed by atoms with Crippen LogP contribution in [0.15, 0.2) is 33.9 Å². The van der Waals surface area contributed by atoms with Crippen molar-refractivity contribution < 1.29 is 23.9 Å². The third-order valence-corrected chi connectivity index (χ3v) is 6.59. The van der Waals surface area contributed by atoms with Gasteiger partial charge < -0.3 is 19.1 Å². The van der Waals surface area contributed by atoms with Gasteiger partial charge in [-0.1, -0.05) is 35.0 Å². The fraction of sp³-hybridized carbons (Fsp3) is 0.500. The molecule has 2 fully saturated rings. The van der Waals surface area contributed by atoms with E-state index < -0.39 is 11.6 Å². The molecule has 3 heterocycles. The molecule has 164 valence electrons. The monoisotopic (exact) mass is 445 g/mol. The number of carbonyl (C=O) groups is 1. The second kappa shape index (κ2) is 7.62. The summed E-state index contributed by atoms with van der Waals surface area (Å²) in [4.78, 5) is 13.2. The molecule has 1 aromatic heterocycles. The molecule has 2 aromatic rings. The van der Waals surface area contributed by atoms with Crippen molar-refractivity contribution in [2.24, 2.45) is 5.10 Å². The molecule has 0 bridgehead atoms. The first-order valence-corrected chi connectivity index (χ1v) is 10.8. The summed E-state index contributed by atoms with van der Waals surface area (Å²) in [6, 6.07) is 7.26. The molecule has 2 unspecified atom stereocenters. The van der Waals surface area contributed by atoms with E-state index in [1.54, 1.807) is 18.3 Å². The van der Waals surface area contributed by atoms with Gasteiger partial charge in [-0.3, -0.25) is 5.01 Å². The van der Waals surface area contributed by atoms with Crippen molar-refractivity contribution in [2.75, 3.05) is 13.2 Å². The van der Waals surface area contributed by atoms with Gasteiger partial charge in [-0.25, -0.2) is 4.79 Å². The number of nitrogens with zero attached hydrogens (tertiary/aromatic N) is 3. The highest BCUT2D eigenvalue weighted by molar-refractivity contribution is 6.33. The van der Waals surface area contributed by atoms with Gasteiger partial charge in [-0.2, -0.15) is 5.10 Å². The maximum Gasteiger partial charge on any atom is 0.344 e. The third kappa shape index (κ3) is 3.62. The van der Waals surface area contributed by atoms with E-state index in [1.165, 1.54) is 0 Å². The minimum absolute atomic E-state index is 0.0632. The number of carbonyl (C=O) groups excluding carboxylic acids is 1. The molecule has 1 saturated heterocycles. The molecule has 0 radical (unpaired) electrons. The van der Waals surface area contributed by atoms with Gasteiger partial charge in [0.25, 0.3) is 0 Å². The zero-order valence-electron chi connectivity index (χ0n) is 17.3. The van der Waals surface area contributed by atoms with E-state index in [9.17, 15) is 9.90 Å². The number of esters is 1. The number of hydrogen-bond acceptors (Lipinski definition) is 8. The van der Waals surface area contributed by atoms with Crippen molar-refractivity contribution in [3.8, 4) is 11.3 Å². The third-order valence-electron chi connectivity index (χ3n) is 6.26. The van der Waals surface area contributed by atoms with Crippen LogP contribution < -0.4 is 0 Å². The second-order valence-corrected chi connectivity index (χ2v) is 9.19. The van der Waals surface area contributed by atoms with Gasteiger partial charge in [-0.15, -0.1) is 0 Å². The van der Waals surface area contributed by atoms with E-state index in [2.05, 4.69) is 10.3 Å². The first-order chi connectivity index (χ1) is 14.8. The molecule has 0 amide bonds. The molecule has 5 rings (SSSR count). The van der Waals surface area contributed by atoms with E-state index in [1.807, 2.05) is 31.0 Å². The normalized spacial score (nSPS) is 30.2. The van der Waals surface area contributed by atoms with Crippen LogP contribution in [0.2, 0.25) is 5.02 Å². The SMILES string of the molecule is CC1C(c2onc(-c3ccccc3Cl)c2C(=O)OC2COC2)C=NN1C1CC(C)(O)C1. The van der Waals surface area contributed by atoms with Crippen molar-refractivity contribution in [2.45, 2.75) is 56.4 Å². The fourth-order valence-electron chi connectivity index (χ4n) is 4.46. The largest absolute Gasteiger partial charge is 0.454 e. The molecule has 3 aliphatic rings. The van der Waals surface area contributed by atoms with Gasteiger partial charge in [0.05, 0.1) is 41.8 Å². The van der Waals surface area contributed by atoms with E-state index in [4.69, 9.17) is 25.6 Å². The Morgan fingerprint density at radius 3 is 2.71 bits per heavy atom. The fourth-order valence-corrected chi connectivity index (χ4v) is 4.68. The smallest absolute Gasteiger partial charge is 0.344 e. The molecule has 1 saturated carbocycles. The van der Waals surface area contributed by atoms with Crippen LogP contribution in [0, 0.1) is 0 Å². The van der Waals surface area contributed by atoms with E-state index >= 15 is 0 Å². The van der Waals surface area contributed by atoms with Crippen molar-refractivity contribution in [3.05, 3.63) is 40.6 Å². The summed E-state index contributed by atoms with van der Waals surface area (Å²) in [5.74, 6) is -0.385. The lowest BCUT2D eigenvalue weighted by molar-refractivity contribution is -0.103. The molecule has 9 heteroatoms. The van der Waals surface area contributed by atoms with E-state index in [0.717, 1.165) is 0 Å². The first-order valence-electron chi connectivity index (χ1n) is 10.4. The number of rotatable bonds is 5. The molecule has 1 aliphatic carbocycles. The van der Waals surface area contributed by atoms with Gasteiger partial charge in [0.2, 0.25) is 0 Å². The van der Waals surface area contributed by atoms with Crippen molar-refractivity contribution in [1.29, 1.82) is 0 Å². The standard InChI is InChI=1S/C22H24ClN3O5/c1-12-16(9-24-26(12)13-7-22(2,28)8-13)20-18(21(27)30-14-10-29-11-14)19(25-31-20)15-5-3-4-6-17(15)23/h3-6,9,12-14,16,28H,7-8,10-11H2,1-2H3. The Bertz CT molecular complexity index is 1020. The number of hydrazone groups is 1. The average Bonchev–Trinajstić information content (AvgIpc) is 3.26. The van der Waals surface area contributed by atoms with E-state index in [-0.39, 0.29) is 29.7 Å². The average molecular weight is 446 g/mol. The molecule has 8 nitrogen and oxygen atoms in total. The number of hydrogen-bond donors (Lipinski definition) is 1. The van der Waals surface area contributed by atoms with Crippen LogP contribution in [0.4, 0.5) is 0 Å². The molecule has 31 heavy (non-hydrogen) atoms. The Labute approximate surface area is 184 Å². The highest BCUT2D eigenvalue weighted by Gasteiger charge is 2.47. The number of benzene rings is 1. The zero-order chi connectivity index (χ0) is 21.8. The highest BCUT2D eigenvalue weighted by atomic mass is 35.5. The number of aliphatic hydroxyl groups is 1. The second-order valence-electron chi connectivity index (χ2n) is 8.79. The minimum Gasteiger partial charge on any atom is -0.454 e. The summed E-state index contributed by atoms with van der Waals surface area (Å²) in [5.41, 5.74) is 0.578. The Balaban J connectivity index is 1.48. The summed E-state index contributed by atoms with van der Waals surface area (Å²) < 4.78 is 16.5. The topological polar surface area (TPSA) is 97.4 Å². The first kappa shape index (κ1) is 20.5. The summed E-state index contributed by atoms with van der Waals surface area (Å²) in [6.45, 7) is 4.61. The highest BCUT2D eigenvalue weighted by Crippen LogP contribution is 2.42. The van der Waals surface area contributed by atoms with Gasteiger partial charge >= 0.3 is 5.97 Å². The summed E-state index contributed by atoms with van der Waals surface area (Å²) in [7, 11) is 0. The number of aromatic nitrogens is 1. The molecule has 1 N–H and O–H groups in total. The predicted octanol–water partition coefficient (Wildman–Crippen LogP) is 3.24. The van der Waals surface area contributed by atoms with Crippen molar-refractivity contribution in [1.82, 2.24) is 10.2 Å². The minimum atomic E-state index is -0.652. The summed E-state index contributed by atoms with van der Waals surface area (Å²) in [5, 5.41) is 21.3. The summed E-state index contributed by atoms with van der Waals surface area (Å²) in [6.07, 6.45) is 2.80. The Morgan fingerprint density at radius 2 is 2.06 bits per heavy atom. The predicted molar refractivity (Wildman–Crippen MR) is 113 cm³/mol. The molecule has 2 atom stereocenters. The molecular formula is C22H24ClN3O5. The van der Waals surface area contributed by atoms with Crippen LogP contribution in [0.5, 0.6) is 0 Å². The van der Waals surface area contributed by atoms with Crippen LogP contribution in [-0.4, -0.2) is 64.5 Å². The van der Waals surface area contributed by atoms with Gasteiger partial charge in [0.15, 0.2) is 5.76 Å². The van der Waals surface area contributed by atoms with Crippen LogP contribution in [0.25, 0.3) is 11.3 Å². The Kier molecular flexibility index (Phi) is 5.03. The maximum atomic E-state index is 13.2. The van der Waals surface area contributed by atoms with Crippen LogP contribution in [0.1, 0.15) is 48.7 Å². The van der Waals surface area contributed by atoms with E-state index in [0.29, 0.717) is 48.1 Å². The molecule has 1 aromatic carbocycles. The Morgan fingerprint density at radius 1 is 1.32 bits per heavy atom. The van der Waals surface area contributed by atoms with Crippen LogP contribution >= 0.6 is 11.6 Å². The lowest BCUT2D eigenvalue weighted by atomic mass is 9.76. The van der Waals surface area contributed by atoms with Gasteiger partial charge in [0, 0.05) is 11.8 Å². The van der Waals surface area contributed by atoms with Gasteiger partial charge in [-0.05, 0) is 32.8 Å². The molecular weight excluding hydrogens is 422 g/mol. The lowest BCUT2D eigenvalue weighted by Gasteiger charge is -2.46. The van der Waals surface area contributed by atoms with Gasteiger partial charge in [0.1, 0.15) is 17.4 Å². The number of ether oxygens (including phenoxy) is 2. The molecule has 0 spiro atoms. The maximum absolute atomic E-state index is 13.2. The Hall–Kier alpha value is -2.42. The lowest BCUT2D eigenvalue weighted by Crippen LogP contribution is -2.53. The van der Waals surface area contributed by atoms with Crippen molar-refractivity contribution in [3.63, 3.8) is 0 Å². The molecule has 2 aliphatic heterocycles. The zero-order valence-corrected chi connectivity index (χ0v) is 18.1. The number of halogens is 1. The van der Waals surface area contributed by atoms with Crippen LogP contribution in [0.3, 0.4) is 0 Å². The quantitative estimate of drug-likeness (QED) is 0.705. The summed E-state index contributed by atoms with van der Waals surface area (Å²) >= 11 is 6.38. The van der Waals surface area contributed by atoms with Crippen LogP contribution in [-0.2, 0) is 9.47 Å².